The number of hydrogen-bond donors (Lipinski definition) is 1. The van der Waals surface area contributed by atoms with Crippen molar-refractivity contribution in [3.63, 3.8) is 0 Å². The molecule has 0 unspecified atom stereocenters. The Balaban J connectivity index is 2.23. The van der Waals surface area contributed by atoms with Gasteiger partial charge in [0.25, 0.3) is 0 Å². The first-order chi connectivity index (χ1) is 10.1. The number of aromatic nitrogens is 4. The third-order valence-corrected chi connectivity index (χ3v) is 3.67. The number of benzene rings is 1. The minimum Gasteiger partial charge on any atom is -0.342 e. The highest BCUT2D eigenvalue weighted by atomic mass is 35.5. The van der Waals surface area contributed by atoms with E-state index in [2.05, 4.69) is 26.3 Å². The van der Waals surface area contributed by atoms with Gasteiger partial charge in [0.05, 0.1) is 22.1 Å². The molecule has 21 heavy (non-hydrogen) atoms. The van der Waals surface area contributed by atoms with Crippen LogP contribution in [0.3, 0.4) is 0 Å². The second-order valence-corrected chi connectivity index (χ2v) is 5.48. The van der Waals surface area contributed by atoms with Crippen molar-refractivity contribution in [1.82, 2.24) is 19.9 Å². The number of aromatic amines is 1. The van der Waals surface area contributed by atoms with Gasteiger partial charge in [0, 0.05) is 22.3 Å². The van der Waals surface area contributed by atoms with Gasteiger partial charge >= 0.3 is 0 Å². The van der Waals surface area contributed by atoms with Crippen molar-refractivity contribution in [2.24, 2.45) is 0 Å². The van der Waals surface area contributed by atoms with Gasteiger partial charge in [-0.15, -0.1) is 0 Å². The first-order valence-corrected chi connectivity index (χ1v) is 7.04. The van der Waals surface area contributed by atoms with Gasteiger partial charge in [-0.05, 0) is 32.0 Å². The van der Waals surface area contributed by atoms with Gasteiger partial charge in [-0.2, -0.15) is 0 Å². The predicted molar refractivity (Wildman–Crippen MR) is 83.4 cm³/mol. The fraction of sp³-hybridized carbons (Fsp3) is 0.133. The van der Waals surface area contributed by atoms with E-state index in [1.54, 1.807) is 18.3 Å². The molecule has 105 valence electrons. The maximum Gasteiger partial charge on any atom is 0.198 e. The molecule has 1 aromatic carbocycles. The number of nitrogens with one attached hydrogen (secondary N) is 1. The molecule has 3 rings (SSSR count). The number of nitrogens with zero attached hydrogens (tertiary/aromatic N) is 3. The maximum atomic E-state index is 6.28. The van der Waals surface area contributed by atoms with E-state index in [0.29, 0.717) is 15.7 Å². The molecular weight excluding hydrogens is 307 g/mol. The van der Waals surface area contributed by atoms with Crippen LogP contribution in [0.4, 0.5) is 0 Å². The lowest BCUT2D eigenvalue weighted by Crippen LogP contribution is -1.93. The fourth-order valence-corrected chi connectivity index (χ4v) is 2.73. The molecule has 1 N–H and O–H groups in total. The topological polar surface area (TPSA) is 54.5 Å². The zero-order valence-electron chi connectivity index (χ0n) is 11.4. The van der Waals surface area contributed by atoms with Crippen molar-refractivity contribution in [2.75, 3.05) is 0 Å². The lowest BCUT2D eigenvalue weighted by Gasteiger charge is -2.09. The quantitative estimate of drug-likeness (QED) is 0.768. The molecule has 2 aromatic heterocycles. The van der Waals surface area contributed by atoms with Crippen molar-refractivity contribution in [1.29, 1.82) is 0 Å². The molecule has 0 amide bonds. The van der Waals surface area contributed by atoms with Gasteiger partial charge in [-0.3, -0.25) is 0 Å². The molecule has 0 fully saturated rings. The van der Waals surface area contributed by atoms with Crippen LogP contribution >= 0.6 is 23.2 Å². The first-order valence-electron chi connectivity index (χ1n) is 6.28. The van der Waals surface area contributed by atoms with Crippen LogP contribution < -0.4 is 0 Å². The lowest BCUT2D eigenvalue weighted by atomic mass is 10.0. The van der Waals surface area contributed by atoms with Gasteiger partial charge in [-0.25, -0.2) is 15.0 Å². The van der Waals surface area contributed by atoms with Crippen LogP contribution in [-0.4, -0.2) is 19.9 Å². The Morgan fingerprint density at radius 1 is 1.14 bits per heavy atom. The van der Waals surface area contributed by atoms with Crippen LogP contribution in [0, 0.1) is 20.2 Å². The molecule has 0 spiro atoms. The van der Waals surface area contributed by atoms with Gasteiger partial charge < -0.3 is 4.98 Å². The number of rotatable bonds is 2. The first kappa shape index (κ1) is 14.0. The maximum absolute atomic E-state index is 6.28. The molecule has 0 bridgehead atoms. The molecule has 3 aromatic rings. The Kier molecular flexibility index (Phi) is 3.66. The van der Waals surface area contributed by atoms with Crippen molar-refractivity contribution in [3.05, 3.63) is 52.3 Å². The second kappa shape index (κ2) is 5.47. The fourth-order valence-electron chi connectivity index (χ4n) is 2.23. The van der Waals surface area contributed by atoms with Crippen LogP contribution in [0.5, 0.6) is 0 Å². The number of H-pyrrole nitrogens is 1. The van der Waals surface area contributed by atoms with Crippen molar-refractivity contribution < 1.29 is 0 Å². The molecule has 2 heterocycles. The highest BCUT2D eigenvalue weighted by molar-refractivity contribution is 6.36. The minimum atomic E-state index is 0.532. The van der Waals surface area contributed by atoms with E-state index >= 15 is 0 Å². The Morgan fingerprint density at radius 2 is 1.95 bits per heavy atom. The second-order valence-electron chi connectivity index (χ2n) is 4.64. The van der Waals surface area contributed by atoms with E-state index in [0.717, 1.165) is 28.3 Å². The molecule has 0 aliphatic carbocycles. The SMILES string of the molecule is Cc1nc(C)c(-c2cn[c]nc2-c2ccc(Cl)cc2Cl)[nH]1. The van der Waals surface area contributed by atoms with Gasteiger partial charge in [0.15, 0.2) is 6.33 Å². The highest BCUT2D eigenvalue weighted by Crippen LogP contribution is 2.35. The smallest absolute Gasteiger partial charge is 0.198 e. The van der Waals surface area contributed by atoms with E-state index in [4.69, 9.17) is 23.2 Å². The highest BCUT2D eigenvalue weighted by Gasteiger charge is 2.16. The normalized spacial score (nSPS) is 10.9. The summed E-state index contributed by atoms with van der Waals surface area (Å²) in [6, 6.07) is 5.30. The van der Waals surface area contributed by atoms with Crippen LogP contribution in [0.15, 0.2) is 24.4 Å². The van der Waals surface area contributed by atoms with Gasteiger partial charge in [-0.1, -0.05) is 23.2 Å². The molecule has 0 saturated carbocycles. The molecule has 0 saturated heterocycles. The number of hydrogen-bond acceptors (Lipinski definition) is 3. The summed E-state index contributed by atoms with van der Waals surface area (Å²) >= 11 is 12.2. The molecule has 0 aliphatic rings. The Morgan fingerprint density at radius 3 is 2.62 bits per heavy atom. The largest absolute Gasteiger partial charge is 0.342 e. The molecule has 6 heteroatoms. The Bertz CT molecular complexity index is 811. The van der Waals surface area contributed by atoms with E-state index in [9.17, 15) is 0 Å². The van der Waals surface area contributed by atoms with Crippen LogP contribution in [0.25, 0.3) is 22.5 Å². The summed E-state index contributed by atoms with van der Waals surface area (Å²) in [6.45, 7) is 3.84. The summed E-state index contributed by atoms with van der Waals surface area (Å²) in [4.78, 5) is 15.9. The number of aryl methyl sites for hydroxylation is 2. The zero-order chi connectivity index (χ0) is 15.0. The third-order valence-electron chi connectivity index (χ3n) is 3.13. The van der Waals surface area contributed by atoms with Crippen molar-refractivity contribution >= 4 is 23.2 Å². The average molecular weight is 318 g/mol. The van der Waals surface area contributed by atoms with Gasteiger partial charge in [0.2, 0.25) is 0 Å². The predicted octanol–water partition coefficient (Wildman–Crippen LogP) is 4.26. The van der Waals surface area contributed by atoms with Crippen LogP contribution in [-0.2, 0) is 0 Å². The summed E-state index contributed by atoms with van der Waals surface area (Å²) in [6.07, 6.45) is 4.31. The molecular formula is C15H11Cl2N4. The van der Waals surface area contributed by atoms with E-state index < -0.39 is 0 Å². The summed E-state index contributed by atoms with van der Waals surface area (Å²) in [5, 5.41) is 1.11. The minimum absolute atomic E-state index is 0.532. The van der Waals surface area contributed by atoms with E-state index in [-0.39, 0.29) is 0 Å². The molecule has 0 aliphatic heterocycles. The van der Waals surface area contributed by atoms with Crippen LogP contribution in [0.2, 0.25) is 10.0 Å². The molecule has 4 nitrogen and oxygen atoms in total. The molecule has 1 radical (unpaired) electrons. The number of imidazole rings is 1. The summed E-state index contributed by atoms with van der Waals surface area (Å²) in [5.41, 5.74) is 4.06. The Hall–Kier alpha value is -1.91. The standard InChI is InChI=1S/C15H11Cl2N4/c1-8-14(21-9(2)20-8)12-6-18-7-19-15(12)11-4-3-10(16)5-13(11)17/h3-6H,1-2H3,(H,20,21). The van der Waals surface area contributed by atoms with E-state index in [1.807, 2.05) is 19.9 Å². The third kappa shape index (κ3) is 2.64. The lowest BCUT2D eigenvalue weighted by molar-refractivity contribution is 1.13. The molecule has 0 atom stereocenters. The summed E-state index contributed by atoms with van der Waals surface area (Å²) in [5.74, 6) is 0.837. The van der Waals surface area contributed by atoms with Crippen molar-refractivity contribution in [2.45, 2.75) is 13.8 Å². The summed E-state index contributed by atoms with van der Waals surface area (Å²) in [7, 11) is 0. The van der Waals surface area contributed by atoms with Crippen LogP contribution in [0.1, 0.15) is 11.5 Å². The monoisotopic (exact) mass is 317 g/mol. The Labute approximate surface area is 132 Å². The zero-order valence-corrected chi connectivity index (χ0v) is 12.9. The summed E-state index contributed by atoms with van der Waals surface area (Å²) < 4.78 is 0. The van der Waals surface area contributed by atoms with Gasteiger partial charge in [0.1, 0.15) is 5.82 Å². The number of halogens is 2. The average Bonchev–Trinajstić information content (AvgIpc) is 2.78. The van der Waals surface area contributed by atoms with Crippen molar-refractivity contribution in [3.8, 4) is 22.5 Å². The van der Waals surface area contributed by atoms with E-state index in [1.165, 1.54) is 0 Å².